The lowest BCUT2D eigenvalue weighted by molar-refractivity contribution is -0.384. The van der Waals surface area contributed by atoms with Crippen LogP contribution in [0.15, 0.2) is 83.9 Å². The van der Waals surface area contributed by atoms with E-state index in [-0.39, 0.29) is 21.5 Å². The molecule has 0 aliphatic carbocycles. The Hall–Kier alpha value is -4.42. The predicted octanol–water partition coefficient (Wildman–Crippen LogP) is 4.80. The number of amides is 1. The van der Waals surface area contributed by atoms with Gasteiger partial charge in [0.1, 0.15) is 5.69 Å². The van der Waals surface area contributed by atoms with E-state index in [1.807, 2.05) is 0 Å². The summed E-state index contributed by atoms with van der Waals surface area (Å²) < 4.78 is 27.8. The number of fused-ring (bicyclic) bond motifs is 1. The molecule has 0 radical (unpaired) electrons. The topological polar surface area (TPSA) is 138 Å². The minimum atomic E-state index is -4.68. The van der Waals surface area contributed by atoms with Crippen LogP contribution in [0.5, 0.6) is 5.75 Å². The minimum absolute atomic E-state index is 0.0691. The number of sulfonamides is 1. The summed E-state index contributed by atoms with van der Waals surface area (Å²) in [6, 6.07) is 17.9. The van der Waals surface area contributed by atoms with Crippen molar-refractivity contribution >= 4 is 38.2 Å². The van der Waals surface area contributed by atoms with Gasteiger partial charge in [-0.1, -0.05) is 22.7 Å². The molecule has 11 nitrogen and oxygen atoms in total. The van der Waals surface area contributed by atoms with Gasteiger partial charge in [0.2, 0.25) is 0 Å². The van der Waals surface area contributed by atoms with E-state index < -0.39 is 31.4 Å². The molecule has 208 valence electrons. The lowest BCUT2D eigenvalue weighted by atomic mass is 10.2. The standard InChI is InChI=1S/C28H29N5O6S/c34-28(21-7-2-1-3-8-21)33(39-23-9-11-25-22(19-23)13-15-30-25)40(37,38)24-10-12-26(27(20-24)32(35)36)29-14-6-18-31-16-4-5-17-31/h1-3,7-13,15,19-20,29-30H,4-6,14,16-18H2. The number of hydrogen-bond donors (Lipinski definition) is 2. The number of aromatic amines is 1. The van der Waals surface area contributed by atoms with Gasteiger partial charge < -0.3 is 20.0 Å². The van der Waals surface area contributed by atoms with Crippen molar-refractivity contribution in [3.8, 4) is 5.75 Å². The molecule has 1 saturated heterocycles. The zero-order chi connectivity index (χ0) is 28.1. The summed E-state index contributed by atoms with van der Waals surface area (Å²) in [5.41, 5.74) is 0.656. The van der Waals surface area contributed by atoms with Crippen molar-refractivity contribution in [2.75, 3.05) is 31.5 Å². The molecular weight excluding hydrogens is 534 g/mol. The number of carbonyl (C=O) groups is 1. The van der Waals surface area contributed by atoms with Gasteiger partial charge in [-0.2, -0.15) is 8.42 Å². The lowest BCUT2D eigenvalue weighted by Gasteiger charge is -2.22. The Bertz CT molecular complexity index is 1620. The highest BCUT2D eigenvalue weighted by atomic mass is 32.2. The third-order valence-corrected chi connectivity index (χ3v) is 8.27. The van der Waals surface area contributed by atoms with E-state index in [0.717, 1.165) is 43.0 Å². The Morgan fingerprint density at radius 2 is 1.82 bits per heavy atom. The first-order valence-electron chi connectivity index (χ1n) is 13.0. The maximum absolute atomic E-state index is 13.8. The Morgan fingerprint density at radius 3 is 2.58 bits per heavy atom. The van der Waals surface area contributed by atoms with Crippen LogP contribution < -0.4 is 10.2 Å². The summed E-state index contributed by atoms with van der Waals surface area (Å²) in [5, 5.41) is 15.7. The highest BCUT2D eigenvalue weighted by Crippen LogP contribution is 2.31. The summed E-state index contributed by atoms with van der Waals surface area (Å²) in [5.74, 6) is -0.840. The quantitative estimate of drug-likeness (QED) is 0.151. The summed E-state index contributed by atoms with van der Waals surface area (Å²) in [6.45, 7) is 3.50. The van der Waals surface area contributed by atoms with Crippen molar-refractivity contribution in [1.29, 1.82) is 0 Å². The molecule has 1 aromatic heterocycles. The van der Waals surface area contributed by atoms with E-state index in [1.165, 1.54) is 43.2 Å². The number of aromatic nitrogens is 1. The van der Waals surface area contributed by atoms with Crippen LogP contribution in [0.4, 0.5) is 11.4 Å². The molecule has 1 fully saturated rings. The maximum atomic E-state index is 13.8. The highest BCUT2D eigenvalue weighted by molar-refractivity contribution is 7.89. The predicted molar refractivity (Wildman–Crippen MR) is 151 cm³/mol. The molecule has 0 saturated carbocycles. The van der Waals surface area contributed by atoms with Gasteiger partial charge in [-0.05, 0) is 87.4 Å². The SMILES string of the molecule is O=C(c1ccccc1)N(Oc1ccc2[nH]ccc2c1)S(=O)(=O)c1ccc(NCCCN2CCCC2)c([N+](=O)[O-])c1. The number of hydroxylamine groups is 1. The average Bonchev–Trinajstić information content (AvgIpc) is 3.66. The van der Waals surface area contributed by atoms with E-state index in [2.05, 4.69) is 15.2 Å². The van der Waals surface area contributed by atoms with Crippen LogP contribution >= 0.6 is 0 Å². The summed E-state index contributed by atoms with van der Waals surface area (Å²) in [7, 11) is -4.68. The molecule has 2 N–H and O–H groups in total. The molecule has 4 aromatic rings. The molecule has 0 unspecified atom stereocenters. The monoisotopic (exact) mass is 563 g/mol. The van der Waals surface area contributed by atoms with Gasteiger partial charge in [-0.15, -0.1) is 0 Å². The molecule has 2 heterocycles. The van der Waals surface area contributed by atoms with Gasteiger partial charge in [0.15, 0.2) is 5.75 Å². The fourth-order valence-electron chi connectivity index (χ4n) is 4.67. The number of nitrogens with zero attached hydrogens (tertiary/aromatic N) is 3. The van der Waals surface area contributed by atoms with Crippen LogP contribution in [0.2, 0.25) is 0 Å². The number of hydrogen-bond acceptors (Lipinski definition) is 8. The average molecular weight is 564 g/mol. The van der Waals surface area contributed by atoms with Gasteiger partial charge >= 0.3 is 5.91 Å². The first-order valence-corrected chi connectivity index (χ1v) is 14.4. The molecule has 12 heteroatoms. The van der Waals surface area contributed by atoms with E-state index in [9.17, 15) is 23.3 Å². The number of H-pyrrole nitrogens is 1. The first-order chi connectivity index (χ1) is 19.3. The minimum Gasteiger partial charge on any atom is -0.379 e. The fourth-order valence-corrected chi connectivity index (χ4v) is 5.87. The molecule has 0 atom stereocenters. The summed E-state index contributed by atoms with van der Waals surface area (Å²) >= 11 is 0. The van der Waals surface area contributed by atoms with Gasteiger partial charge in [0, 0.05) is 35.3 Å². The van der Waals surface area contributed by atoms with Crippen LogP contribution in [0.1, 0.15) is 29.6 Å². The van der Waals surface area contributed by atoms with E-state index in [0.29, 0.717) is 6.54 Å². The highest BCUT2D eigenvalue weighted by Gasteiger charge is 2.35. The van der Waals surface area contributed by atoms with Gasteiger partial charge in [-0.25, -0.2) is 0 Å². The Kier molecular flexibility index (Phi) is 7.99. The largest absolute Gasteiger partial charge is 0.379 e. The molecule has 0 spiro atoms. The fraction of sp³-hybridized carbons (Fsp3) is 0.250. The smallest absolute Gasteiger partial charge is 0.302 e. The van der Waals surface area contributed by atoms with E-state index >= 15 is 0 Å². The molecule has 1 amide bonds. The molecule has 1 aliphatic heterocycles. The molecule has 0 bridgehead atoms. The second-order valence-corrected chi connectivity index (χ2v) is 11.2. The zero-order valence-electron chi connectivity index (χ0n) is 21.7. The van der Waals surface area contributed by atoms with Crippen LogP contribution in [0.25, 0.3) is 10.9 Å². The van der Waals surface area contributed by atoms with Crippen LogP contribution in [0, 0.1) is 10.1 Å². The van der Waals surface area contributed by atoms with Crippen molar-refractivity contribution in [3.05, 3.63) is 94.7 Å². The molecule has 40 heavy (non-hydrogen) atoms. The summed E-state index contributed by atoms with van der Waals surface area (Å²) in [6.07, 6.45) is 4.88. The lowest BCUT2D eigenvalue weighted by Crippen LogP contribution is -2.39. The van der Waals surface area contributed by atoms with Crippen LogP contribution in [-0.4, -0.2) is 59.8 Å². The van der Waals surface area contributed by atoms with Gasteiger partial charge in [0.05, 0.1) is 9.82 Å². The van der Waals surface area contributed by atoms with Crippen molar-refractivity contribution < 1.29 is 23.0 Å². The third kappa shape index (κ3) is 5.92. The third-order valence-electron chi connectivity index (χ3n) is 6.75. The Labute approximate surface area is 231 Å². The van der Waals surface area contributed by atoms with Crippen molar-refractivity contribution in [2.24, 2.45) is 0 Å². The molecular formula is C28H29N5O6S. The normalized spacial score (nSPS) is 13.8. The number of benzene rings is 3. The number of nitro groups is 1. The molecule has 3 aromatic carbocycles. The number of nitrogens with one attached hydrogen (secondary N) is 2. The number of likely N-dealkylation sites (tertiary alicyclic amines) is 1. The van der Waals surface area contributed by atoms with E-state index in [4.69, 9.17) is 4.84 Å². The van der Waals surface area contributed by atoms with Crippen molar-refractivity contribution in [1.82, 2.24) is 14.4 Å². The second-order valence-electron chi connectivity index (χ2n) is 9.49. The van der Waals surface area contributed by atoms with Crippen LogP contribution in [-0.2, 0) is 10.0 Å². The zero-order valence-corrected chi connectivity index (χ0v) is 22.5. The number of carbonyl (C=O) groups excluding carboxylic acids is 1. The Balaban J connectivity index is 1.43. The molecule has 5 rings (SSSR count). The number of nitro benzene ring substituents is 1. The Morgan fingerprint density at radius 1 is 1.05 bits per heavy atom. The second kappa shape index (κ2) is 11.8. The van der Waals surface area contributed by atoms with E-state index in [1.54, 1.807) is 42.6 Å². The number of rotatable bonds is 11. The number of anilines is 1. The van der Waals surface area contributed by atoms with Gasteiger partial charge in [-0.3, -0.25) is 14.9 Å². The van der Waals surface area contributed by atoms with Gasteiger partial charge in [0.25, 0.3) is 15.7 Å². The molecule has 1 aliphatic rings. The van der Waals surface area contributed by atoms with Crippen LogP contribution in [0.3, 0.4) is 0 Å². The van der Waals surface area contributed by atoms with Crippen molar-refractivity contribution in [3.63, 3.8) is 0 Å². The van der Waals surface area contributed by atoms with Crippen molar-refractivity contribution in [2.45, 2.75) is 24.2 Å². The summed E-state index contributed by atoms with van der Waals surface area (Å²) in [4.78, 5) is 35.3. The first kappa shape index (κ1) is 27.2. The maximum Gasteiger partial charge on any atom is 0.302 e.